The fourth-order valence-corrected chi connectivity index (χ4v) is 3.20. The van der Waals surface area contributed by atoms with Gasteiger partial charge in [-0.1, -0.05) is 34.8 Å². The van der Waals surface area contributed by atoms with Gasteiger partial charge in [0.25, 0.3) is 5.91 Å². The second kappa shape index (κ2) is 5.71. The summed E-state index contributed by atoms with van der Waals surface area (Å²) >= 11 is 2.55. The Labute approximate surface area is 129 Å². The Kier molecular flexibility index (Phi) is 3.76. The molecule has 21 heavy (non-hydrogen) atoms. The van der Waals surface area contributed by atoms with E-state index in [0.717, 1.165) is 27.7 Å². The van der Waals surface area contributed by atoms with E-state index >= 15 is 0 Å². The van der Waals surface area contributed by atoms with Gasteiger partial charge in [-0.15, -0.1) is 16.4 Å². The number of rotatable bonds is 3. The van der Waals surface area contributed by atoms with Crippen molar-refractivity contribution in [1.29, 1.82) is 0 Å². The van der Waals surface area contributed by atoms with Gasteiger partial charge in [0, 0.05) is 10.4 Å². The Morgan fingerprint density at radius 2 is 1.95 bits per heavy atom. The lowest BCUT2D eigenvalue weighted by Gasteiger charge is -2.01. The summed E-state index contributed by atoms with van der Waals surface area (Å²) in [6.45, 7) is 3.90. The van der Waals surface area contributed by atoms with Crippen LogP contribution in [0.3, 0.4) is 0 Å². The molecule has 1 aromatic carbocycles. The van der Waals surface area contributed by atoms with Crippen molar-refractivity contribution < 1.29 is 4.79 Å². The summed E-state index contributed by atoms with van der Waals surface area (Å²) < 4.78 is 3.90. The van der Waals surface area contributed by atoms with E-state index < -0.39 is 0 Å². The third kappa shape index (κ3) is 2.84. The fourth-order valence-electron chi connectivity index (χ4n) is 1.80. The first-order chi connectivity index (χ1) is 10.1. The molecule has 0 aliphatic carbocycles. The lowest BCUT2D eigenvalue weighted by atomic mass is 10.1. The lowest BCUT2D eigenvalue weighted by molar-refractivity contribution is 0.103. The van der Waals surface area contributed by atoms with Crippen molar-refractivity contribution in [2.75, 3.05) is 5.32 Å². The third-order valence-corrected chi connectivity index (χ3v) is 4.70. The molecular formula is C14H12N4OS2. The first kappa shape index (κ1) is 13.8. The van der Waals surface area contributed by atoms with Crippen LogP contribution < -0.4 is 5.32 Å². The first-order valence-electron chi connectivity index (χ1n) is 6.28. The van der Waals surface area contributed by atoms with Crippen LogP contribution in [0.1, 0.15) is 20.2 Å². The minimum atomic E-state index is -0.224. The van der Waals surface area contributed by atoms with Crippen molar-refractivity contribution in [2.24, 2.45) is 0 Å². The molecule has 1 amide bonds. The zero-order chi connectivity index (χ0) is 14.8. The van der Waals surface area contributed by atoms with E-state index in [1.807, 2.05) is 44.2 Å². The van der Waals surface area contributed by atoms with Crippen molar-refractivity contribution in [3.05, 3.63) is 45.8 Å². The summed E-state index contributed by atoms with van der Waals surface area (Å²) in [7, 11) is 0. The van der Waals surface area contributed by atoms with Crippen LogP contribution in [0.25, 0.3) is 11.3 Å². The van der Waals surface area contributed by atoms with Gasteiger partial charge >= 0.3 is 0 Å². The quantitative estimate of drug-likeness (QED) is 0.802. The smallest absolute Gasteiger partial charge is 0.271 e. The van der Waals surface area contributed by atoms with Crippen LogP contribution in [-0.4, -0.2) is 20.5 Å². The molecule has 0 saturated heterocycles. The highest BCUT2D eigenvalue weighted by atomic mass is 32.1. The van der Waals surface area contributed by atoms with E-state index in [-0.39, 0.29) is 5.91 Å². The maximum atomic E-state index is 12.4. The number of nitrogens with one attached hydrogen (secondary N) is 1. The number of hydrogen-bond acceptors (Lipinski definition) is 6. The Morgan fingerprint density at radius 1 is 1.19 bits per heavy atom. The predicted octanol–water partition coefficient (Wildman–Crippen LogP) is 3.53. The number of amides is 1. The number of hydrogen-bond donors (Lipinski definition) is 1. The van der Waals surface area contributed by atoms with Crippen molar-refractivity contribution in [3.8, 4) is 11.3 Å². The zero-order valence-electron chi connectivity index (χ0n) is 11.5. The van der Waals surface area contributed by atoms with Gasteiger partial charge in [-0.2, -0.15) is 0 Å². The third-order valence-electron chi connectivity index (χ3n) is 2.99. The van der Waals surface area contributed by atoms with Crippen molar-refractivity contribution >= 4 is 33.9 Å². The number of carbonyl (C=O) groups excluding carboxylic acids is 1. The molecule has 1 N–H and O–H groups in total. The first-order valence-corrected chi connectivity index (χ1v) is 7.87. The molecule has 3 rings (SSSR count). The lowest BCUT2D eigenvalue weighted by Crippen LogP contribution is -2.11. The molecule has 0 fully saturated rings. The average Bonchev–Trinajstić information content (AvgIpc) is 3.07. The minimum Gasteiger partial charge on any atom is -0.297 e. The number of aryl methyl sites for hydroxylation is 2. The molecule has 0 aliphatic rings. The summed E-state index contributed by atoms with van der Waals surface area (Å²) in [5.41, 5.74) is 2.41. The van der Waals surface area contributed by atoms with Gasteiger partial charge in [0.1, 0.15) is 10.6 Å². The van der Waals surface area contributed by atoms with Crippen LogP contribution >= 0.6 is 22.9 Å². The minimum absolute atomic E-state index is 0.224. The SMILES string of the molecule is Cc1nc(NC(=O)c2snnc2-c2ccccc2)sc1C. The van der Waals surface area contributed by atoms with Gasteiger partial charge in [0.2, 0.25) is 0 Å². The number of benzene rings is 1. The van der Waals surface area contributed by atoms with E-state index in [9.17, 15) is 4.79 Å². The molecule has 0 aliphatic heterocycles. The highest BCUT2D eigenvalue weighted by Gasteiger charge is 2.19. The Hall–Kier alpha value is -2.12. The van der Waals surface area contributed by atoms with E-state index in [1.165, 1.54) is 11.3 Å². The molecule has 7 heteroatoms. The van der Waals surface area contributed by atoms with Gasteiger partial charge in [0.05, 0.1) is 5.69 Å². The van der Waals surface area contributed by atoms with Crippen LogP contribution in [0.5, 0.6) is 0 Å². The zero-order valence-corrected chi connectivity index (χ0v) is 13.1. The summed E-state index contributed by atoms with van der Waals surface area (Å²) in [5, 5.41) is 7.48. The van der Waals surface area contributed by atoms with Crippen LogP contribution in [0.4, 0.5) is 5.13 Å². The molecule has 106 valence electrons. The topological polar surface area (TPSA) is 67.8 Å². The highest BCUT2D eigenvalue weighted by molar-refractivity contribution is 7.16. The molecular weight excluding hydrogens is 304 g/mol. The van der Waals surface area contributed by atoms with Crippen LogP contribution in [0.2, 0.25) is 0 Å². The summed E-state index contributed by atoms with van der Waals surface area (Å²) in [6, 6.07) is 9.55. The molecule has 2 heterocycles. The largest absolute Gasteiger partial charge is 0.297 e. The molecule has 0 saturated carbocycles. The maximum Gasteiger partial charge on any atom is 0.271 e. The molecule has 2 aromatic heterocycles. The second-order valence-corrected chi connectivity index (χ2v) is 6.39. The molecule has 0 bridgehead atoms. The average molecular weight is 316 g/mol. The Morgan fingerprint density at radius 3 is 2.62 bits per heavy atom. The number of aromatic nitrogens is 3. The van der Waals surface area contributed by atoms with E-state index in [0.29, 0.717) is 15.7 Å². The van der Waals surface area contributed by atoms with Gasteiger partial charge in [0.15, 0.2) is 5.13 Å². The van der Waals surface area contributed by atoms with E-state index in [4.69, 9.17) is 0 Å². The summed E-state index contributed by atoms with van der Waals surface area (Å²) in [6.07, 6.45) is 0. The van der Waals surface area contributed by atoms with Gasteiger partial charge in [-0.05, 0) is 25.4 Å². The standard InChI is InChI=1S/C14H12N4OS2/c1-8-9(2)20-14(15-8)16-13(19)12-11(17-18-21-12)10-6-4-3-5-7-10/h3-7H,1-2H3,(H,15,16,19). The van der Waals surface area contributed by atoms with Crippen LogP contribution in [0, 0.1) is 13.8 Å². The highest BCUT2D eigenvalue weighted by Crippen LogP contribution is 2.26. The molecule has 0 spiro atoms. The van der Waals surface area contributed by atoms with Gasteiger partial charge in [-0.3, -0.25) is 10.1 Å². The number of thiazole rings is 1. The number of nitrogens with zero attached hydrogens (tertiary/aromatic N) is 3. The van der Waals surface area contributed by atoms with Crippen molar-refractivity contribution in [2.45, 2.75) is 13.8 Å². The number of carbonyl (C=O) groups is 1. The molecule has 5 nitrogen and oxygen atoms in total. The second-order valence-electron chi connectivity index (χ2n) is 4.43. The fraction of sp³-hybridized carbons (Fsp3) is 0.143. The molecule has 0 atom stereocenters. The molecule has 3 aromatic rings. The molecule has 0 unspecified atom stereocenters. The van der Waals surface area contributed by atoms with Crippen LogP contribution in [0.15, 0.2) is 30.3 Å². The molecule has 0 radical (unpaired) electrons. The normalized spacial score (nSPS) is 10.6. The van der Waals surface area contributed by atoms with Crippen LogP contribution in [-0.2, 0) is 0 Å². The van der Waals surface area contributed by atoms with E-state index in [2.05, 4.69) is 19.9 Å². The summed E-state index contributed by atoms with van der Waals surface area (Å²) in [4.78, 5) is 18.3. The maximum absolute atomic E-state index is 12.4. The monoisotopic (exact) mass is 316 g/mol. The number of anilines is 1. The van der Waals surface area contributed by atoms with Crippen molar-refractivity contribution in [3.63, 3.8) is 0 Å². The predicted molar refractivity (Wildman–Crippen MR) is 84.9 cm³/mol. The van der Waals surface area contributed by atoms with E-state index in [1.54, 1.807) is 0 Å². The van der Waals surface area contributed by atoms with Crippen molar-refractivity contribution in [1.82, 2.24) is 14.6 Å². The van der Waals surface area contributed by atoms with Gasteiger partial charge < -0.3 is 0 Å². The Balaban J connectivity index is 1.88. The van der Waals surface area contributed by atoms with Gasteiger partial charge in [-0.25, -0.2) is 4.98 Å². The summed E-state index contributed by atoms with van der Waals surface area (Å²) in [5.74, 6) is -0.224. The Bertz CT molecular complexity index is 760.